The van der Waals surface area contributed by atoms with Gasteiger partial charge in [-0.15, -0.1) is 0 Å². The van der Waals surface area contributed by atoms with Gasteiger partial charge in [0.25, 0.3) is 0 Å². The molecule has 0 saturated heterocycles. The number of nitrogens with zero attached hydrogens (tertiary/aromatic N) is 1. The largest absolute Gasteiger partial charge is 0.264 e. The molecule has 0 spiro atoms. The molecular weight excluding hydrogens is 153 g/mol. The van der Waals surface area contributed by atoms with Crippen molar-refractivity contribution >= 4 is 0 Å². The molecule has 0 aliphatic heterocycles. The van der Waals surface area contributed by atoms with Crippen molar-refractivity contribution in [3.05, 3.63) is 29.6 Å². The molecule has 0 radical (unpaired) electrons. The lowest BCUT2D eigenvalue weighted by atomic mass is 10.0. The summed E-state index contributed by atoms with van der Waals surface area (Å²) >= 11 is 0. The van der Waals surface area contributed by atoms with Gasteiger partial charge in [-0.3, -0.25) is 4.98 Å². The highest BCUT2D eigenvalue weighted by Crippen LogP contribution is 2.24. The van der Waals surface area contributed by atoms with Gasteiger partial charge >= 0.3 is 0 Å². The first kappa shape index (κ1) is 9.17. The molecule has 1 rings (SSSR count). The van der Waals surface area contributed by atoms with E-state index in [2.05, 4.69) is 4.98 Å². The van der Waals surface area contributed by atoms with Gasteiger partial charge in [-0.2, -0.15) is 0 Å². The van der Waals surface area contributed by atoms with Gasteiger partial charge in [0.1, 0.15) is 5.67 Å². The molecule has 1 aromatic rings. The summed E-state index contributed by atoms with van der Waals surface area (Å²) in [7, 11) is 0. The van der Waals surface area contributed by atoms with Gasteiger partial charge in [-0.1, -0.05) is 6.92 Å². The molecule has 0 amide bonds. The Balaban J connectivity index is 3.02. The van der Waals surface area contributed by atoms with Crippen LogP contribution in [0.1, 0.15) is 31.9 Å². The van der Waals surface area contributed by atoms with Crippen LogP contribution in [0.2, 0.25) is 0 Å². The third kappa shape index (κ3) is 2.03. The maximum atomic E-state index is 13.4. The van der Waals surface area contributed by atoms with Crippen LogP contribution in [0.3, 0.4) is 0 Å². The number of hydrogen-bond acceptors (Lipinski definition) is 1. The molecule has 1 nitrogen and oxygen atoms in total. The lowest BCUT2D eigenvalue weighted by molar-refractivity contribution is 0.220. The maximum Gasteiger partial charge on any atom is 0.131 e. The van der Waals surface area contributed by atoms with Crippen LogP contribution in [0.15, 0.2) is 18.5 Å². The molecule has 66 valence electrons. The first-order chi connectivity index (χ1) is 5.54. The van der Waals surface area contributed by atoms with E-state index in [9.17, 15) is 4.39 Å². The van der Waals surface area contributed by atoms with E-state index in [1.807, 2.05) is 13.0 Å². The van der Waals surface area contributed by atoms with Crippen molar-refractivity contribution in [3.63, 3.8) is 0 Å². The molecule has 0 saturated carbocycles. The van der Waals surface area contributed by atoms with Crippen molar-refractivity contribution in [1.29, 1.82) is 0 Å². The first-order valence-electron chi connectivity index (χ1n) is 4.17. The average Bonchev–Trinajstić information content (AvgIpc) is 2.03. The quantitative estimate of drug-likeness (QED) is 0.660. The monoisotopic (exact) mass is 167 g/mol. The number of halogens is 1. The van der Waals surface area contributed by atoms with Crippen LogP contribution in [-0.2, 0) is 12.1 Å². The van der Waals surface area contributed by atoms with Crippen molar-refractivity contribution in [1.82, 2.24) is 4.98 Å². The molecule has 0 unspecified atom stereocenters. The highest BCUT2D eigenvalue weighted by Gasteiger charge is 2.18. The lowest BCUT2D eigenvalue weighted by Gasteiger charge is -2.14. The van der Waals surface area contributed by atoms with Crippen molar-refractivity contribution < 1.29 is 4.39 Å². The number of rotatable bonds is 2. The van der Waals surface area contributed by atoms with Crippen LogP contribution < -0.4 is 0 Å². The average molecular weight is 167 g/mol. The molecule has 0 N–H and O–H groups in total. The fourth-order valence-electron chi connectivity index (χ4n) is 1.01. The minimum atomic E-state index is -1.28. The van der Waals surface area contributed by atoms with E-state index in [4.69, 9.17) is 0 Å². The van der Waals surface area contributed by atoms with Crippen molar-refractivity contribution in [3.8, 4) is 0 Å². The van der Waals surface area contributed by atoms with E-state index < -0.39 is 5.67 Å². The molecule has 0 aromatic carbocycles. The summed E-state index contributed by atoms with van der Waals surface area (Å²) in [4.78, 5) is 3.98. The van der Waals surface area contributed by atoms with E-state index in [1.165, 1.54) is 0 Å². The fourth-order valence-corrected chi connectivity index (χ4v) is 1.01. The Morgan fingerprint density at radius 3 is 2.58 bits per heavy atom. The van der Waals surface area contributed by atoms with Crippen molar-refractivity contribution in [2.45, 2.75) is 32.9 Å². The summed E-state index contributed by atoms with van der Waals surface area (Å²) in [5.74, 6) is 0. The molecule has 0 aliphatic rings. The summed E-state index contributed by atoms with van der Waals surface area (Å²) in [5, 5.41) is 0. The normalized spacial score (nSPS) is 11.7. The molecular formula is C10H14FN. The molecule has 0 bridgehead atoms. The summed E-state index contributed by atoms with van der Waals surface area (Å²) in [6.07, 6.45) is 4.26. The van der Waals surface area contributed by atoms with E-state index in [0.29, 0.717) is 5.56 Å². The van der Waals surface area contributed by atoms with Crippen LogP contribution in [0.4, 0.5) is 4.39 Å². The fraction of sp³-hybridized carbons (Fsp3) is 0.500. The third-order valence-electron chi connectivity index (χ3n) is 1.89. The summed E-state index contributed by atoms with van der Waals surface area (Å²) in [5.41, 5.74) is 0.457. The topological polar surface area (TPSA) is 12.9 Å². The predicted octanol–water partition coefficient (Wildman–Crippen LogP) is 2.85. The lowest BCUT2D eigenvalue weighted by Crippen LogP contribution is -2.09. The maximum absolute atomic E-state index is 13.4. The second kappa shape index (κ2) is 3.21. The minimum absolute atomic E-state index is 0.654. The van der Waals surface area contributed by atoms with Crippen LogP contribution in [-0.4, -0.2) is 4.98 Å². The van der Waals surface area contributed by atoms with Crippen LogP contribution in [0.5, 0.6) is 0 Å². The molecule has 2 heteroatoms. The Labute approximate surface area is 72.6 Å². The van der Waals surface area contributed by atoms with Gasteiger partial charge in [-0.05, 0) is 31.9 Å². The zero-order chi connectivity index (χ0) is 9.19. The Morgan fingerprint density at radius 1 is 1.42 bits per heavy atom. The molecule has 0 atom stereocenters. The third-order valence-corrected chi connectivity index (χ3v) is 1.89. The molecule has 1 aromatic heterocycles. The van der Waals surface area contributed by atoms with Gasteiger partial charge in [0, 0.05) is 18.0 Å². The van der Waals surface area contributed by atoms with Gasteiger partial charge in [-0.25, -0.2) is 4.39 Å². The minimum Gasteiger partial charge on any atom is -0.264 e. The Morgan fingerprint density at radius 2 is 2.08 bits per heavy atom. The predicted molar refractivity (Wildman–Crippen MR) is 47.7 cm³/mol. The number of aromatic nitrogens is 1. The van der Waals surface area contributed by atoms with Crippen molar-refractivity contribution in [2.75, 3.05) is 0 Å². The Bertz CT molecular complexity index is 263. The summed E-state index contributed by atoms with van der Waals surface area (Å²) < 4.78 is 13.4. The number of pyridine rings is 1. The number of aryl methyl sites for hydroxylation is 1. The highest BCUT2D eigenvalue weighted by atomic mass is 19.1. The van der Waals surface area contributed by atoms with Gasteiger partial charge in [0.2, 0.25) is 0 Å². The molecule has 0 aliphatic carbocycles. The van der Waals surface area contributed by atoms with Crippen molar-refractivity contribution in [2.24, 2.45) is 0 Å². The van der Waals surface area contributed by atoms with Gasteiger partial charge in [0.05, 0.1) is 0 Å². The van der Waals surface area contributed by atoms with Crippen LogP contribution >= 0.6 is 0 Å². The smallest absolute Gasteiger partial charge is 0.131 e. The summed E-state index contributed by atoms with van der Waals surface area (Å²) in [6, 6.07) is 1.87. The second-order valence-corrected chi connectivity index (χ2v) is 3.41. The van der Waals surface area contributed by atoms with E-state index >= 15 is 0 Å². The SMILES string of the molecule is CCc1cncc(C(C)(C)F)c1. The standard InChI is InChI=1S/C10H14FN/c1-4-8-5-9(7-12-6-8)10(2,3)11/h5-7H,4H2,1-3H3. The Hall–Kier alpha value is -0.920. The zero-order valence-electron chi connectivity index (χ0n) is 7.76. The van der Waals surface area contributed by atoms with E-state index in [0.717, 1.165) is 12.0 Å². The van der Waals surface area contributed by atoms with Crippen LogP contribution in [0.25, 0.3) is 0 Å². The zero-order valence-corrected chi connectivity index (χ0v) is 7.76. The highest BCUT2D eigenvalue weighted by molar-refractivity contribution is 5.22. The summed E-state index contributed by atoms with van der Waals surface area (Å²) in [6.45, 7) is 5.12. The van der Waals surface area contributed by atoms with Crippen LogP contribution in [0, 0.1) is 0 Å². The molecule has 1 heterocycles. The van der Waals surface area contributed by atoms with Gasteiger partial charge < -0.3 is 0 Å². The second-order valence-electron chi connectivity index (χ2n) is 3.41. The first-order valence-corrected chi connectivity index (χ1v) is 4.17. The molecule has 0 fully saturated rings. The van der Waals surface area contributed by atoms with E-state index in [1.54, 1.807) is 26.2 Å². The molecule has 12 heavy (non-hydrogen) atoms. The van der Waals surface area contributed by atoms with E-state index in [-0.39, 0.29) is 0 Å². The number of hydrogen-bond donors (Lipinski definition) is 0. The number of alkyl halides is 1. The van der Waals surface area contributed by atoms with Gasteiger partial charge in [0.15, 0.2) is 0 Å². The Kier molecular flexibility index (Phi) is 2.46.